The van der Waals surface area contributed by atoms with Crippen molar-refractivity contribution in [2.45, 2.75) is 19.0 Å². The zero-order chi connectivity index (χ0) is 15.7. The third-order valence-electron chi connectivity index (χ3n) is 3.80. The molecule has 1 nitrogen and oxygen atoms in total. The van der Waals surface area contributed by atoms with E-state index in [-0.39, 0.29) is 5.92 Å². The highest BCUT2D eigenvalue weighted by Crippen LogP contribution is 2.31. The molecule has 22 heavy (non-hydrogen) atoms. The maximum absolute atomic E-state index is 12.6. The SMILES string of the molecule is C[C@@H](c1ccc(C(F)(F)F)cc1)c1ccc2ccccc2n1. The molecule has 0 N–H and O–H groups in total. The average Bonchev–Trinajstić information content (AvgIpc) is 2.53. The Labute approximate surface area is 126 Å². The molecule has 0 aliphatic rings. The molecule has 0 bridgehead atoms. The maximum atomic E-state index is 12.6. The van der Waals surface area contributed by atoms with E-state index in [1.807, 2.05) is 43.3 Å². The summed E-state index contributed by atoms with van der Waals surface area (Å²) in [4.78, 5) is 4.60. The van der Waals surface area contributed by atoms with Crippen LogP contribution in [0.5, 0.6) is 0 Å². The van der Waals surface area contributed by atoms with Gasteiger partial charge in [0.25, 0.3) is 0 Å². The smallest absolute Gasteiger partial charge is 0.252 e. The molecule has 1 aromatic heterocycles. The van der Waals surface area contributed by atoms with E-state index in [1.54, 1.807) is 0 Å². The molecule has 0 saturated heterocycles. The van der Waals surface area contributed by atoms with E-state index >= 15 is 0 Å². The third kappa shape index (κ3) is 2.82. The van der Waals surface area contributed by atoms with Gasteiger partial charge in [-0.05, 0) is 29.8 Å². The van der Waals surface area contributed by atoms with E-state index < -0.39 is 11.7 Å². The minimum Gasteiger partial charge on any atom is -0.252 e. The van der Waals surface area contributed by atoms with Gasteiger partial charge in [-0.15, -0.1) is 0 Å². The van der Waals surface area contributed by atoms with Crippen LogP contribution < -0.4 is 0 Å². The summed E-state index contributed by atoms with van der Waals surface area (Å²) in [6, 6.07) is 17.0. The number of halogens is 3. The lowest BCUT2D eigenvalue weighted by Crippen LogP contribution is -2.05. The average molecular weight is 301 g/mol. The fourth-order valence-corrected chi connectivity index (χ4v) is 2.45. The molecule has 0 aliphatic carbocycles. The number of pyridine rings is 1. The van der Waals surface area contributed by atoms with Gasteiger partial charge in [-0.3, -0.25) is 4.98 Å². The van der Waals surface area contributed by atoms with E-state index in [2.05, 4.69) is 4.98 Å². The van der Waals surface area contributed by atoms with Gasteiger partial charge in [0.05, 0.1) is 11.1 Å². The first kappa shape index (κ1) is 14.6. The van der Waals surface area contributed by atoms with Crippen LogP contribution in [-0.2, 0) is 6.18 Å². The molecule has 0 spiro atoms. The molecule has 3 rings (SSSR count). The number of alkyl halides is 3. The lowest BCUT2D eigenvalue weighted by molar-refractivity contribution is -0.137. The van der Waals surface area contributed by atoms with Crippen LogP contribution in [-0.4, -0.2) is 4.98 Å². The minimum absolute atomic E-state index is 0.0631. The molecule has 0 aliphatic heterocycles. The van der Waals surface area contributed by atoms with Gasteiger partial charge < -0.3 is 0 Å². The molecule has 0 fully saturated rings. The Morgan fingerprint density at radius 1 is 0.864 bits per heavy atom. The second kappa shape index (κ2) is 5.44. The summed E-state index contributed by atoms with van der Waals surface area (Å²) < 4.78 is 37.8. The quantitative estimate of drug-likeness (QED) is 0.617. The highest BCUT2D eigenvalue weighted by molar-refractivity contribution is 5.78. The third-order valence-corrected chi connectivity index (χ3v) is 3.80. The number of benzene rings is 2. The van der Waals surface area contributed by atoms with E-state index in [1.165, 1.54) is 12.1 Å². The summed E-state index contributed by atoms with van der Waals surface area (Å²) in [6.07, 6.45) is -4.30. The van der Waals surface area contributed by atoms with Crippen LogP contribution >= 0.6 is 0 Å². The van der Waals surface area contributed by atoms with E-state index in [0.717, 1.165) is 34.3 Å². The largest absolute Gasteiger partial charge is 0.416 e. The van der Waals surface area contributed by atoms with Gasteiger partial charge in [0.1, 0.15) is 0 Å². The molecule has 0 unspecified atom stereocenters. The number of nitrogens with zero attached hydrogens (tertiary/aromatic N) is 1. The highest BCUT2D eigenvalue weighted by Gasteiger charge is 2.30. The van der Waals surface area contributed by atoms with Crippen LogP contribution in [0.25, 0.3) is 10.9 Å². The van der Waals surface area contributed by atoms with Gasteiger partial charge in [0.15, 0.2) is 0 Å². The van der Waals surface area contributed by atoms with Gasteiger partial charge in [0, 0.05) is 17.0 Å². The molecular weight excluding hydrogens is 287 g/mol. The number of hydrogen-bond donors (Lipinski definition) is 0. The van der Waals surface area contributed by atoms with E-state index in [9.17, 15) is 13.2 Å². The normalized spacial score (nSPS) is 13.3. The molecule has 0 radical (unpaired) electrons. The second-order valence-corrected chi connectivity index (χ2v) is 5.27. The zero-order valence-corrected chi connectivity index (χ0v) is 11.9. The number of fused-ring (bicyclic) bond motifs is 1. The summed E-state index contributed by atoms with van der Waals surface area (Å²) in [5.41, 5.74) is 1.92. The number of para-hydroxylation sites is 1. The van der Waals surface area contributed by atoms with Crippen LogP contribution in [0.1, 0.15) is 29.7 Å². The fraction of sp³-hybridized carbons (Fsp3) is 0.167. The molecule has 1 heterocycles. The molecule has 112 valence electrons. The van der Waals surface area contributed by atoms with E-state index in [4.69, 9.17) is 0 Å². The molecule has 2 aromatic carbocycles. The Balaban J connectivity index is 1.93. The van der Waals surface area contributed by atoms with Crippen molar-refractivity contribution in [3.05, 3.63) is 77.5 Å². The molecule has 0 saturated carbocycles. The Kier molecular flexibility index (Phi) is 3.61. The Hall–Kier alpha value is -2.36. The molecule has 4 heteroatoms. The Morgan fingerprint density at radius 3 is 2.23 bits per heavy atom. The first-order valence-corrected chi connectivity index (χ1v) is 6.98. The van der Waals surface area contributed by atoms with E-state index in [0.29, 0.717) is 0 Å². The highest BCUT2D eigenvalue weighted by atomic mass is 19.4. The molecule has 3 aromatic rings. The molecule has 0 amide bonds. The number of aromatic nitrogens is 1. The van der Waals surface area contributed by atoms with Crippen LogP contribution in [0.3, 0.4) is 0 Å². The monoisotopic (exact) mass is 301 g/mol. The second-order valence-electron chi connectivity index (χ2n) is 5.27. The summed E-state index contributed by atoms with van der Waals surface area (Å²) >= 11 is 0. The first-order chi connectivity index (χ1) is 10.4. The topological polar surface area (TPSA) is 12.9 Å². The van der Waals surface area contributed by atoms with Gasteiger partial charge in [-0.1, -0.05) is 43.3 Å². The van der Waals surface area contributed by atoms with Gasteiger partial charge in [0.2, 0.25) is 0 Å². The van der Waals surface area contributed by atoms with Crippen LogP contribution in [0.2, 0.25) is 0 Å². The zero-order valence-electron chi connectivity index (χ0n) is 11.9. The number of hydrogen-bond acceptors (Lipinski definition) is 1. The fourth-order valence-electron chi connectivity index (χ4n) is 2.45. The standard InChI is InChI=1S/C18H14F3N/c1-12(13-6-9-15(10-7-13)18(19,20)21)16-11-8-14-4-2-3-5-17(14)22-16/h2-12H,1H3/t12-/m0/s1. The Bertz CT molecular complexity index is 791. The van der Waals surface area contributed by atoms with Crippen molar-refractivity contribution in [3.8, 4) is 0 Å². The predicted octanol–water partition coefficient (Wildman–Crippen LogP) is 5.41. The van der Waals surface area contributed by atoms with Crippen LogP contribution in [0, 0.1) is 0 Å². The first-order valence-electron chi connectivity index (χ1n) is 6.98. The summed E-state index contributed by atoms with van der Waals surface area (Å²) in [7, 11) is 0. The molecular formula is C18H14F3N. The summed E-state index contributed by atoms with van der Waals surface area (Å²) in [5.74, 6) is -0.0631. The van der Waals surface area contributed by atoms with Crippen molar-refractivity contribution >= 4 is 10.9 Å². The van der Waals surface area contributed by atoms with Gasteiger partial charge in [-0.25, -0.2) is 0 Å². The van der Waals surface area contributed by atoms with Crippen molar-refractivity contribution in [2.24, 2.45) is 0 Å². The summed E-state index contributed by atoms with van der Waals surface area (Å²) in [5, 5.41) is 1.05. The van der Waals surface area contributed by atoms with Crippen molar-refractivity contribution < 1.29 is 13.2 Å². The van der Waals surface area contributed by atoms with Crippen LogP contribution in [0.15, 0.2) is 60.7 Å². The number of rotatable bonds is 2. The lowest BCUT2D eigenvalue weighted by atomic mass is 9.95. The van der Waals surface area contributed by atoms with Crippen LogP contribution in [0.4, 0.5) is 13.2 Å². The minimum atomic E-state index is -4.30. The van der Waals surface area contributed by atoms with Crippen molar-refractivity contribution in [1.29, 1.82) is 0 Å². The van der Waals surface area contributed by atoms with Gasteiger partial charge >= 0.3 is 6.18 Å². The summed E-state index contributed by atoms with van der Waals surface area (Å²) in [6.45, 7) is 1.94. The predicted molar refractivity (Wildman–Crippen MR) is 80.7 cm³/mol. The lowest BCUT2D eigenvalue weighted by Gasteiger charge is -2.14. The van der Waals surface area contributed by atoms with Gasteiger partial charge in [-0.2, -0.15) is 13.2 Å². The maximum Gasteiger partial charge on any atom is 0.416 e. The van der Waals surface area contributed by atoms with Crippen molar-refractivity contribution in [1.82, 2.24) is 4.98 Å². The Morgan fingerprint density at radius 2 is 1.55 bits per heavy atom. The van der Waals surface area contributed by atoms with Crippen molar-refractivity contribution in [3.63, 3.8) is 0 Å². The molecule has 1 atom stereocenters. The van der Waals surface area contributed by atoms with Crippen molar-refractivity contribution in [2.75, 3.05) is 0 Å².